The number of methoxy groups -OCH3 is 2. The molecule has 2 saturated heterocycles. The summed E-state index contributed by atoms with van der Waals surface area (Å²) in [6.07, 6.45) is 4.83. The molecule has 2 aliphatic heterocycles. The van der Waals surface area contributed by atoms with Gasteiger partial charge in [-0.1, -0.05) is 18.5 Å². The van der Waals surface area contributed by atoms with Crippen LogP contribution >= 0.6 is 11.6 Å². The summed E-state index contributed by atoms with van der Waals surface area (Å²) in [5.74, 6) is -3.26. The molecule has 2 aliphatic rings. The van der Waals surface area contributed by atoms with Gasteiger partial charge in [-0.05, 0) is 51.6 Å². The zero-order valence-corrected chi connectivity index (χ0v) is 24.3. The molecule has 13 heteroatoms. The number of nitrogens with two attached hydrogens (primary N) is 1. The molecular formula is C27H41ClN4O8. The number of amides is 2. The van der Waals surface area contributed by atoms with E-state index in [4.69, 9.17) is 46.6 Å². The van der Waals surface area contributed by atoms with Crippen LogP contribution in [-0.2, 0) is 19.1 Å². The van der Waals surface area contributed by atoms with E-state index in [2.05, 4.69) is 22.0 Å². The molecule has 0 aromatic heterocycles. The maximum absolute atomic E-state index is 13.0. The second kappa shape index (κ2) is 15.6. The number of nitrogens with one attached hydrogen (secondary N) is 1. The Labute approximate surface area is 239 Å². The fourth-order valence-electron chi connectivity index (χ4n) is 4.96. The Hall–Kier alpha value is -3.09. The van der Waals surface area contributed by atoms with Crippen LogP contribution in [0.2, 0.25) is 5.02 Å². The number of nitrogens with zero attached hydrogens (tertiary/aromatic N) is 2. The quantitative estimate of drug-likeness (QED) is 0.262. The third-order valence-electron chi connectivity index (χ3n) is 7.39. The summed E-state index contributed by atoms with van der Waals surface area (Å²) in [5, 5.41) is 18.2. The average Bonchev–Trinajstić information content (AvgIpc) is 2.93. The number of piperidine rings is 2. The van der Waals surface area contributed by atoms with Crippen LogP contribution in [0.5, 0.6) is 5.75 Å². The van der Waals surface area contributed by atoms with Gasteiger partial charge in [0.15, 0.2) is 0 Å². The van der Waals surface area contributed by atoms with E-state index in [0.29, 0.717) is 34.6 Å². The first-order valence-corrected chi connectivity index (χ1v) is 13.7. The Morgan fingerprint density at radius 3 is 2.38 bits per heavy atom. The molecule has 1 aromatic rings. The first-order chi connectivity index (χ1) is 18.9. The minimum atomic E-state index is -1.82. The summed E-state index contributed by atoms with van der Waals surface area (Å²) >= 11 is 6.13. The predicted molar refractivity (Wildman–Crippen MR) is 150 cm³/mol. The second-order valence-electron chi connectivity index (χ2n) is 10.2. The molecule has 12 nitrogen and oxygen atoms in total. The standard InChI is InChI=1S/C25H39ClN4O4.C2H2O4/c1-16(25(32)30-10-6-5-7-17(30)2)8-11-29-12-9-21(23(15-29)34-4)28-24(31)18-13-19(26)20(27)14-22(18)33-3;3-1(4)2(5)6/h13-14,16-17,21,23H,5-12,15,27H2,1-4H3,(H,28,31);(H,3,4)(H,5,6). The van der Waals surface area contributed by atoms with Gasteiger partial charge in [0.05, 0.1) is 35.5 Å². The molecule has 2 heterocycles. The molecule has 0 radical (unpaired) electrons. The highest BCUT2D eigenvalue weighted by atomic mass is 35.5. The zero-order chi connectivity index (χ0) is 30.0. The average molecular weight is 585 g/mol. The molecule has 4 unspecified atom stereocenters. The van der Waals surface area contributed by atoms with Crippen molar-refractivity contribution in [3.05, 3.63) is 22.7 Å². The normalized spacial score (nSPS) is 21.9. The van der Waals surface area contributed by atoms with Gasteiger partial charge in [0.2, 0.25) is 5.91 Å². The molecule has 0 aliphatic carbocycles. The number of carbonyl (C=O) groups is 4. The lowest BCUT2D eigenvalue weighted by Gasteiger charge is -2.39. The molecule has 1 aromatic carbocycles. The van der Waals surface area contributed by atoms with Crippen LogP contribution in [0, 0.1) is 5.92 Å². The fraction of sp³-hybridized carbons (Fsp3) is 0.630. The van der Waals surface area contributed by atoms with E-state index in [0.717, 1.165) is 45.3 Å². The maximum Gasteiger partial charge on any atom is 0.414 e. The van der Waals surface area contributed by atoms with E-state index >= 15 is 0 Å². The van der Waals surface area contributed by atoms with E-state index in [9.17, 15) is 9.59 Å². The summed E-state index contributed by atoms with van der Waals surface area (Å²) in [4.78, 5) is 48.5. The number of carboxylic acid groups (broad SMARTS) is 2. The number of nitrogen functional groups attached to an aromatic ring is 1. The Bertz CT molecular complexity index is 1040. The number of hydrogen-bond acceptors (Lipinski definition) is 8. The summed E-state index contributed by atoms with van der Waals surface area (Å²) < 4.78 is 11.0. The van der Waals surface area contributed by atoms with Crippen molar-refractivity contribution < 1.29 is 38.9 Å². The predicted octanol–water partition coefficient (Wildman–Crippen LogP) is 2.33. The topological polar surface area (TPSA) is 172 Å². The zero-order valence-electron chi connectivity index (χ0n) is 23.5. The number of aliphatic carboxylic acids is 2. The van der Waals surface area contributed by atoms with Crippen molar-refractivity contribution in [2.45, 2.75) is 64.1 Å². The smallest absolute Gasteiger partial charge is 0.414 e. The highest BCUT2D eigenvalue weighted by molar-refractivity contribution is 6.33. The molecule has 0 saturated carbocycles. The minimum Gasteiger partial charge on any atom is -0.496 e. The summed E-state index contributed by atoms with van der Waals surface area (Å²) in [6.45, 7) is 7.42. The first-order valence-electron chi connectivity index (χ1n) is 13.3. The lowest BCUT2D eigenvalue weighted by Crippen LogP contribution is -2.55. The summed E-state index contributed by atoms with van der Waals surface area (Å²) in [5.41, 5.74) is 6.54. The fourth-order valence-corrected chi connectivity index (χ4v) is 5.12. The number of ether oxygens (including phenoxy) is 2. The van der Waals surface area contributed by atoms with E-state index in [-0.39, 0.29) is 29.9 Å². The van der Waals surface area contributed by atoms with Gasteiger partial charge in [-0.3, -0.25) is 9.59 Å². The van der Waals surface area contributed by atoms with Crippen LogP contribution in [0.25, 0.3) is 0 Å². The Morgan fingerprint density at radius 1 is 1.12 bits per heavy atom. The molecule has 3 rings (SSSR count). The van der Waals surface area contributed by atoms with Crippen molar-refractivity contribution in [1.29, 1.82) is 0 Å². The van der Waals surface area contributed by atoms with E-state index in [1.54, 1.807) is 13.2 Å². The number of rotatable bonds is 8. The lowest BCUT2D eigenvalue weighted by atomic mass is 9.97. The van der Waals surface area contributed by atoms with Gasteiger partial charge in [0.1, 0.15) is 5.75 Å². The number of carboxylic acids is 2. The number of carbonyl (C=O) groups excluding carboxylic acids is 2. The highest BCUT2D eigenvalue weighted by Crippen LogP contribution is 2.29. The Kier molecular flexibility index (Phi) is 12.9. The van der Waals surface area contributed by atoms with Crippen molar-refractivity contribution in [1.82, 2.24) is 15.1 Å². The maximum atomic E-state index is 13.0. The van der Waals surface area contributed by atoms with Crippen molar-refractivity contribution >= 4 is 41.0 Å². The van der Waals surface area contributed by atoms with Gasteiger partial charge < -0.3 is 40.5 Å². The lowest BCUT2D eigenvalue weighted by molar-refractivity contribution is -0.159. The number of benzene rings is 1. The number of halogens is 1. The van der Waals surface area contributed by atoms with Crippen molar-refractivity contribution in [3.63, 3.8) is 0 Å². The van der Waals surface area contributed by atoms with Crippen molar-refractivity contribution in [2.75, 3.05) is 46.1 Å². The van der Waals surface area contributed by atoms with Crippen LogP contribution in [0.4, 0.5) is 5.69 Å². The van der Waals surface area contributed by atoms with Crippen LogP contribution in [0.3, 0.4) is 0 Å². The third-order valence-corrected chi connectivity index (χ3v) is 7.72. The molecule has 5 N–H and O–H groups in total. The molecular weight excluding hydrogens is 544 g/mol. The van der Waals surface area contributed by atoms with Gasteiger partial charge in [-0.15, -0.1) is 0 Å². The van der Waals surface area contributed by atoms with Crippen LogP contribution in [0.1, 0.15) is 56.3 Å². The number of hydrogen-bond donors (Lipinski definition) is 4. The molecule has 4 atom stereocenters. The largest absolute Gasteiger partial charge is 0.496 e. The van der Waals surface area contributed by atoms with E-state index in [1.807, 2.05) is 6.92 Å². The van der Waals surface area contributed by atoms with Crippen molar-refractivity contribution in [2.24, 2.45) is 5.92 Å². The van der Waals surface area contributed by atoms with Gasteiger partial charge in [0.25, 0.3) is 5.91 Å². The number of likely N-dealkylation sites (tertiary alicyclic amines) is 2. The third kappa shape index (κ3) is 9.24. The minimum absolute atomic E-state index is 0.00158. The van der Waals surface area contributed by atoms with Crippen LogP contribution in [0.15, 0.2) is 12.1 Å². The first kappa shape index (κ1) is 33.1. The second-order valence-corrected chi connectivity index (χ2v) is 10.6. The van der Waals surface area contributed by atoms with E-state index < -0.39 is 11.9 Å². The van der Waals surface area contributed by atoms with Gasteiger partial charge >= 0.3 is 11.9 Å². The summed E-state index contributed by atoms with van der Waals surface area (Å²) in [6, 6.07) is 3.29. The Morgan fingerprint density at radius 2 is 1.80 bits per heavy atom. The van der Waals surface area contributed by atoms with E-state index in [1.165, 1.54) is 19.6 Å². The molecule has 0 spiro atoms. The molecule has 2 amide bonds. The Balaban J connectivity index is 0.000000840. The molecule has 0 bridgehead atoms. The van der Waals surface area contributed by atoms with Crippen LogP contribution in [-0.4, -0.2) is 102 Å². The van der Waals surface area contributed by atoms with Gasteiger partial charge in [0, 0.05) is 44.8 Å². The SMILES string of the molecule is COc1cc(N)c(Cl)cc1C(=O)NC1CCN(CCC(C)C(=O)N2CCCCC2C)CC1OC.O=C(O)C(=O)O. The molecule has 2 fully saturated rings. The summed E-state index contributed by atoms with van der Waals surface area (Å²) in [7, 11) is 3.16. The highest BCUT2D eigenvalue weighted by Gasteiger charge is 2.32. The number of anilines is 1. The molecule has 224 valence electrons. The van der Waals surface area contributed by atoms with Gasteiger partial charge in [-0.25, -0.2) is 9.59 Å². The van der Waals surface area contributed by atoms with Crippen LogP contribution < -0.4 is 15.8 Å². The van der Waals surface area contributed by atoms with Crippen molar-refractivity contribution in [3.8, 4) is 5.75 Å². The van der Waals surface area contributed by atoms with Gasteiger partial charge in [-0.2, -0.15) is 0 Å². The molecule has 40 heavy (non-hydrogen) atoms. The monoisotopic (exact) mass is 584 g/mol.